The molecule has 0 rings (SSSR count). The quantitative estimate of drug-likeness (QED) is 0.554. The Kier molecular flexibility index (Phi) is 8.57. The number of carboxylic acid groups (broad SMARTS) is 1. The zero-order chi connectivity index (χ0) is 4.28. The van der Waals surface area contributed by atoms with Crippen LogP contribution in [-0.4, -0.2) is 44.9 Å². The van der Waals surface area contributed by atoms with Gasteiger partial charge in [-0.3, -0.25) is 4.79 Å². The van der Waals surface area contributed by atoms with Crippen molar-refractivity contribution in [1.82, 2.24) is 0 Å². The van der Waals surface area contributed by atoms with E-state index in [9.17, 15) is 4.79 Å². The van der Waals surface area contributed by atoms with Crippen molar-refractivity contribution in [1.29, 1.82) is 0 Å². The zero-order valence-corrected chi connectivity index (χ0v) is 8.84. The van der Waals surface area contributed by atoms with Crippen LogP contribution < -0.4 is 5.73 Å². The van der Waals surface area contributed by atoms with E-state index in [1.807, 2.05) is 0 Å². The number of carboxylic acids is 1. The minimum atomic E-state index is -0.968. The van der Waals surface area contributed by atoms with Gasteiger partial charge in [-0.2, -0.15) is 0 Å². The molecule has 0 amide bonds. The van der Waals surface area contributed by atoms with Crippen molar-refractivity contribution >= 4 is 33.3 Å². The molecular formula is C2H7NO2Pb. The van der Waals surface area contributed by atoms with E-state index in [0.29, 0.717) is 0 Å². The maximum absolute atomic E-state index is 9.24. The molecule has 0 atom stereocenters. The molecule has 36 valence electrons. The average Bonchev–Trinajstić information content (AvgIpc) is 1.38. The summed E-state index contributed by atoms with van der Waals surface area (Å²) in [6, 6.07) is 0. The molecule has 0 unspecified atom stereocenters. The van der Waals surface area contributed by atoms with Crippen molar-refractivity contribution in [2.75, 3.05) is 6.54 Å². The summed E-state index contributed by atoms with van der Waals surface area (Å²) in [5, 5.41) is 7.60. The zero-order valence-electron chi connectivity index (χ0n) is 3.35. The van der Waals surface area contributed by atoms with Gasteiger partial charge >= 0.3 is 33.3 Å². The summed E-state index contributed by atoms with van der Waals surface area (Å²) in [4.78, 5) is 9.24. The number of hydrogen-bond donors (Lipinski definition) is 2. The fraction of sp³-hybridized carbons (Fsp3) is 0.500. The van der Waals surface area contributed by atoms with Crippen LogP contribution in [0.4, 0.5) is 0 Å². The van der Waals surface area contributed by atoms with Crippen LogP contribution in [0.25, 0.3) is 0 Å². The first-order valence-electron chi connectivity index (χ1n) is 1.19. The molecule has 4 heteroatoms. The molecule has 3 N–H and O–H groups in total. The first kappa shape index (κ1) is 9.61. The summed E-state index contributed by atoms with van der Waals surface area (Å²) in [6.45, 7) is -0.278. The van der Waals surface area contributed by atoms with Gasteiger partial charge in [-0.1, -0.05) is 0 Å². The number of hydrogen-bond acceptors (Lipinski definition) is 2. The van der Waals surface area contributed by atoms with Gasteiger partial charge in [-0.25, -0.2) is 0 Å². The van der Waals surface area contributed by atoms with Crippen LogP contribution in [0.15, 0.2) is 0 Å². The number of nitrogens with two attached hydrogens (primary N) is 1. The van der Waals surface area contributed by atoms with Crippen molar-refractivity contribution in [3.63, 3.8) is 0 Å². The molecule has 0 heterocycles. The Morgan fingerprint density at radius 3 is 2.00 bits per heavy atom. The molecule has 0 aliphatic carbocycles. The molecule has 6 heavy (non-hydrogen) atoms. The molecule has 0 aliphatic heterocycles. The second-order valence-corrected chi connectivity index (χ2v) is 0.598. The number of rotatable bonds is 1. The Morgan fingerprint density at radius 1 is 1.83 bits per heavy atom. The van der Waals surface area contributed by atoms with E-state index in [1.54, 1.807) is 0 Å². The van der Waals surface area contributed by atoms with Gasteiger partial charge in [0.25, 0.3) is 0 Å². The standard InChI is InChI=1S/C2H5NO2.Pb.2H/c3-1-2(4)5;;;/h1,3H2,(H,4,5);;;. The van der Waals surface area contributed by atoms with Crippen molar-refractivity contribution in [3.8, 4) is 0 Å². The Hall–Kier alpha value is 0.352. The van der Waals surface area contributed by atoms with E-state index < -0.39 is 5.97 Å². The fourth-order valence-electron chi connectivity index (χ4n) is 0. The molecule has 0 aromatic carbocycles. The summed E-state index contributed by atoms with van der Waals surface area (Å²) in [5.41, 5.74) is 4.57. The van der Waals surface area contributed by atoms with Crippen molar-refractivity contribution in [3.05, 3.63) is 0 Å². The van der Waals surface area contributed by atoms with E-state index >= 15 is 0 Å². The van der Waals surface area contributed by atoms with Gasteiger partial charge in [-0.05, 0) is 0 Å². The van der Waals surface area contributed by atoms with Crippen LogP contribution in [0.2, 0.25) is 0 Å². The van der Waals surface area contributed by atoms with Crippen LogP contribution in [0.3, 0.4) is 0 Å². The molecule has 0 aromatic rings. The third-order valence-corrected chi connectivity index (χ3v) is 0.175. The maximum atomic E-state index is 9.24. The average molecular weight is 284 g/mol. The van der Waals surface area contributed by atoms with E-state index in [4.69, 9.17) is 5.11 Å². The van der Waals surface area contributed by atoms with Gasteiger partial charge in [0.15, 0.2) is 0 Å². The van der Waals surface area contributed by atoms with Crippen LogP contribution in [0.5, 0.6) is 0 Å². The predicted octanol–water partition coefficient (Wildman–Crippen LogP) is -1.89. The van der Waals surface area contributed by atoms with E-state index in [2.05, 4.69) is 5.73 Å². The van der Waals surface area contributed by atoms with Crippen molar-refractivity contribution in [2.45, 2.75) is 0 Å². The Labute approximate surface area is 55.7 Å². The molecule has 0 bridgehead atoms. The third kappa shape index (κ3) is 8.84. The molecule has 0 saturated heterocycles. The Morgan fingerprint density at radius 2 is 2.00 bits per heavy atom. The fourth-order valence-corrected chi connectivity index (χ4v) is 0. The Bertz CT molecular complexity index is 46.8. The normalized spacial score (nSPS) is 6.17. The molecule has 3 nitrogen and oxygen atoms in total. The van der Waals surface area contributed by atoms with Crippen LogP contribution in [-0.2, 0) is 4.79 Å². The van der Waals surface area contributed by atoms with Crippen molar-refractivity contribution in [2.24, 2.45) is 5.73 Å². The summed E-state index contributed by atoms with van der Waals surface area (Å²) in [6.07, 6.45) is 0. The van der Waals surface area contributed by atoms with Crippen molar-refractivity contribution < 1.29 is 9.90 Å². The van der Waals surface area contributed by atoms with Gasteiger partial charge in [0.05, 0.1) is 6.54 Å². The molecule has 0 spiro atoms. The second kappa shape index (κ2) is 5.35. The van der Waals surface area contributed by atoms with Crippen LogP contribution >= 0.6 is 0 Å². The predicted molar refractivity (Wildman–Crippen MR) is 25.2 cm³/mol. The summed E-state index contributed by atoms with van der Waals surface area (Å²) < 4.78 is 0. The van der Waals surface area contributed by atoms with Gasteiger partial charge in [0.1, 0.15) is 0 Å². The summed E-state index contributed by atoms with van der Waals surface area (Å²) >= 11 is 0. The van der Waals surface area contributed by atoms with Gasteiger partial charge < -0.3 is 10.8 Å². The number of carbonyl (C=O) groups is 1. The molecular weight excluding hydrogens is 277 g/mol. The molecule has 0 fully saturated rings. The molecule has 0 saturated carbocycles. The molecule has 0 aliphatic rings. The number of aliphatic carboxylic acids is 1. The van der Waals surface area contributed by atoms with Gasteiger partial charge in [0.2, 0.25) is 0 Å². The van der Waals surface area contributed by atoms with Gasteiger partial charge in [0, 0.05) is 0 Å². The molecule has 2 radical (unpaired) electrons. The molecule has 0 aromatic heterocycles. The van der Waals surface area contributed by atoms with Gasteiger partial charge in [-0.15, -0.1) is 0 Å². The van der Waals surface area contributed by atoms with E-state index in [-0.39, 0.29) is 33.8 Å². The second-order valence-electron chi connectivity index (χ2n) is 0.598. The van der Waals surface area contributed by atoms with Crippen LogP contribution in [0.1, 0.15) is 0 Å². The minimum absolute atomic E-state index is 0. The summed E-state index contributed by atoms with van der Waals surface area (Å²) in [7, 11) is 0. The SMILES string of the molecule is NCC(=O)O.[PbH2]. The first-order valence-corrected chi connectivity index (χ1v) is 1.19. The third-order valence-electron chi connectivity index (χ3n) is 0.175. The first-order chi connectivity index (χ1) is 2.27. The van der Waals surface area contributed by atoms with E-state index in [1.165, 1.54) is 0 Å². The monoisotopic (exact) mass is 285 g/mol. The Balaban J connectivity index is 0. The van der Waals surface area contributed by atoms with E-state index in [0.717, 1.165) is 0 Å². The topological polar surface area (TPSA) is 63.3 Å². The van der Waals surface area contributed by atoms with Crippen LogP contribution in [0, 0.1) is 0 Å². The summed E-state index contributed by atoms with van der Waals surface area (Å²) in [5.74, 6) is -0.968.